The first-order valence-corrected chi connectivity index (χ1v) is 7.62. The molecule has 1 heterocycles. The second-order valence-corrected chi connectivity index (χ2v) is 7.34. The molecule has 19 heavy (non-hydrogen) atoms. The Morgan fingerprint density at radius 3 is 2.63 bits per heavy atom. The zero-order chi connectivity index (χ0) is 14.5. The van der Waals surface area contributed by atoms with Crippen LogP contribution in [-0.2, 0) is 9.53 Å². The number of ether oxygens (including phenoxy) is 1. The molecule has 3 nitrogen and oxygen atoms in total. The summed E-state index contributed by atoms with van der Waals surface area (Å²) in [6, 6.07) is 0. The Hall–Kier alpha value is -0.570. The third-order valence-corrected chi connectivity index (χ3v) is 4.10. The van der Waals surface area contributed by atoms with E-state index in [9.17, 15) is 4.79 Å². The van der Waals surface area contributed by atoms with E-state index in [1.807, 2.05) is 0 Å². The quantitative estimate of drug-likeness (QED) is 0.778. The van der Waals surface area contributed by atoms with Crippen LogP contribution in [0.1, 0.15) is 59.8 Å². The molecule has 1 N–H and O–H groups in total. The summed E-state index contributed by atoms with van der Waals surface area (Å²) in [5, 5.41) is 3.47. The van der Waals surface area contributed by atoms with Gasteiger partial charge in [-0.15, -0.1) is 0 Å². The van der Waals surface area contributed by atoms with Crippen LogP contribution >= 0.6 is 0 Å². The van der Waals surface area contributed by atoms with E-state index in [2.05, 4.69) is 33.0 Å². The number of carbonyl (C=O) groups excluding carboxylic acids is 1. The minimum atomic E-state index is -0.293. The molecule has 0 aromatic rings. The average molecular weight is 269 g/mol. The lowest BCUT2D eigenvalue weighted by atomic mass is 9.69. The highest BCUT2D eigenvalue weighted by Crippen LogP contribution is 2.39. The maximum absolute atomic E-state index is 12.2. The molecular weight excluding hydrogens is 238 g/mol. The van der Waals surface area contributed by atoms with E-state index >= 15 is 0 Å². The van der Waals surface area contributed by atoms with E-state index < -0.39 is 0 Å². The zero-order valence-corrected chi connectivity index (χ0v) is 13.3. The van der Waals surface area contributed by atoms with E-state index in [1.165, 1.54) is 7.11 Å². The zero-order valence-electron chi connectivity index (χ0n) is 13.3. The highest BCUT2D eigenvalue weighted by molar-refractivity contribution is 5.77. The van der Waals surface area contributed by atoms with Crippen LogP contribution in [0.4, 0.5) is 0 Å². The first kappa shape index (κ1) is 16.5. The lowest BCUT2D eigenvalue weighted by molar-refractivity contribution is -0.155. The van der Waals surface area contributed by atoms with Gasteiger partial charge in [-0.25, -0.2) is 0 Å². The molecule has 0 aliphatic carbocycles. The van der Waals surface area contributed by atoms with Gasteiger partial charge in [0.1, 0.15) is 0 Å². The van der Waals surface area contributed by atoms with Crippen LogP contribution in [0.15, 0.2) is 0 Å². The van der Waals surface area contributed by atoms with Gasteiger partial charge in [0.25, 0.3) is 0 Å². The summed E-state index contributed by atoms with van der Waals surface area (Å²) in [6.07, 6.45) is 5.31. The Balaban J connectivity index is 2.76. The van der Waals surface area contributed by atoms with Crippen LogP contribution in [0.5, 0.6) is 0 Å². The molecule has 0 spiro atoms. The molecule has 0 saturated carbocycles. The summed E-state index contributed by atoms with van der Waals surface area (Å²) in [5.41, 5.74) is 0.0230. The molecule has 1 unspecified atom stereocenters. The van der Waals surface area contributed by atoms with E-state index in [4.69, 9.17) is 4.74 Å². The van der Waals surface area contributed by atoms with Crippen molar-refractivity contribution in [2.45, 2.75) is 59.8 Å². The molecule has 0 aromatic heterocycles. The fraction of sp³-hybridized carbons (Fsp3) is 0.938. The first-order valence-electron chi connectivity index (χ1n) is 7.62. The Bertz CT molecular complexity index is 296. The largest absolute Gasteiger partial charge is 0.469 e. The van der Waals surface area contributed by atoms with E-state index in [1.54, 1.807) is 0 Å². The SMILES string of the molecule is CCCC[C@]1(C(=O)OC)CNCC(CC(C)(C)C)C1. The fourth-order valence-corrected chi connectivity index (χ4v) is 3.40. The molecular formula is C16H31NO2. The molecule has 1 rings (SSSR count). The van der Waals surface area contributed by atoms with Crippen LogP contribution in [-0.4, -0.2) is 26.2 Å². The summed E-state index contributed by atoms with van der Waals surface area (Å²) in [4.78, 5) is 12.2. The normalized spacial score (nSPS) is 28.2. The van der Waals surface area contributed by atoms with Crippen molar-refractivity contribution in [3.63, 3.8) is 0 Å². The van der Waals surface area contributed by atoms with E-state index in [0.717, 1.165) is 45.2 Å². The third-order valence-electron chi connectivity index (χ3n) is 4.10. The summed E-state index contributed by atoms with van der Waals surface area (Å²) in [6.45, 7) is 10.8. The highest BCUT2D eigenvalue weighted by Gasteiger charge is 2.43. The van der Waals surface area contributed by atoms with Gasteiger partial charge in [-0.3, -0.25) is 4.79 Å². The van der Waals surface area contributed by atoms with Gasteiger partial charge in [0.15, 0.2) is 0 Å². The Labute approximate surface area is 118 Å². The second kappa shape index (κ2) is 6.74. The Kier molecular flexibility index (Phi) is 5.84. The van der Waals surface area contributed by atoms with Gasteiger partial charge in [-0.05, 0) is 37.1 Å². The number of piperidine rings is 1. The van der Waals surface area contributed by atoms with Crippen molar-refractivity contribution < 1.29 is 9.53 Å². The second-order valence-electron chi connectivity index (χ2n) is 7.34. The number of carbonyl (C=O) groups is 1. The summed E-state index contributed by atoms with van der Waals surface area (Å²) in [5.74, 6) is 0.553. The van der Waals surface area contributed by atoms with Crippen molar-refractivity contribution in [1.82, 2.24) is 5.32 Å². The minimum absolute atomic E-state index is 0.0212. The third kappa shape index (κ3) is 4.79. The summed E-state index contributed by atoms with van der Waals surface area (Å²) < 4.78 is 5.09. The van der Waals surface area contributed by atoms with Gasteiger partial charge in [0.05, 0.1) is 12.5 Å². The van der Waals surface area contributed by atoms with Crippen LogP contribution < -0.4 is 5.32 Å². The predicted molar refractivity (Wildman–Crippen MR) is 79.0 cm³/mol. The van der Waals surface area contributed by atoms with Crippen molar-refractivity contribution in [3.05, 3.63) is 0 Å². The first-order chi connectivity index (χ1) is 8.83. The molecule has 1 aliphatic rings. The van der Waals surface area contributed by atoms with Gasteiger partial charge >= 0.3 is 5.97 Å². The maximum atomic E-state index is 12.2. The monoisotopic (exact) mass is 269 g/mol. The predicted octanol–water partition coefficient (Wildman–Crippen LogP) is 3.38. The highest BCUT2D eigenvalue weighted by atomic mass is 16.5. The smallest absolute Gasteiger partial charge is 0.313 e. The molecule has 3 heteroatoms. The molecule has 0 amide bonds. The topological polar surface area (TPSA) is 38.3 Å². The lowest BCUT2D eigenvalue weighted by Crippen LogP contribution is -2.50. The maximum Gasteiger partial charge on any atom is 0.313 e. The van der Waals surface area contributed by atoms with Crippen LogP contribution in [0.3, 0.4) is 0 Å². The van der Waals surface area contributed by atoms with Crippen molar-refractivity contribution in [1.29, 1.82) is 0 Å². The lowest BCUT2D eigenvalue weighted by Gasteiger charge is -2.41. The number of nitrogens with one attached hydrogen (secondary N) is 1. The Morgan fingerprint density at radius 1 is 1.42 bits per heavy atom. The van der Waals surface area contributed by atoms with Gasteiger partial charge < -0.3 is 10.1 Å². The summed E-state index contributed by atoms with van der Waals surface area (Å²) in [7, 11) is 1.52. The van der Waals surface area contributed by atoms with Crippen molar-refractivity contribution in [3.8, 4) is 0 Å². The minimum Gasteiger partial charge on any atom is -0.469 e. The number of methoxy groups -OCH3 is 1. The summed E-state index contributed by atoms with van der Waals surface area (Å²) >= 11 is 0. The van der Waals surface area contributed by atoms with Crippen molar-refractivity contribution in [2.75, 3.05) is 20.2 Å². The van der Waals surface area contributed by atoms with Gasteiger partial charge in [0.2, 0.25) is 0 Å². The molecule has 1 aliphatic heterocycles. The average Bonchev–Trinajstić information content (AvgIpc) is 2.33. The van der Waals surface area contributed by atoms with E-state index in [-0.39, 0.29) is 11.4 Å². The number of hydrogen-bond donors (Lipinski definition) is 1. The molecule has 1 saturated heterocycles. The Morgan fingerprint density at radius 2 is 2.11 bits per heavy atom. The molecule has 2 atom stereocenters. The van der Waals surface area contributed by atoms with Gasteiger partial charge in [-0.2, -0.15) is 0 Å². The number of esters is 1. The molecule has 0 bridgehead atoms. The van der Waals surface area contributed by atoms with Crippen molar-refractivity contribution in [2.24, 2.45) is 16.7 Å². The molecule has 112 valence electrons. The van der Waals surface area contributed by atoms with Gasteiger partial charge in [0, 0.05) is 6.54 Å². The van der Waals surface area contributed by atoms with E-state index in [0.29, 0.717) is 11.3 Å². The van der Waals surface area contributed by atoms with Crippen LogP contribution in [0.2, 0.25) is 0 Å². The molecule has 0 radical (unpaired) electrons. The number of rotatable bonds is 5. The molecule has 0 aromatic carbocycles. The van der Waals surface area contributed by atoms with Crippen LogP contribution in [0.25, 0.3) is 0 Å². The van der Waals surface area contributed by atoms with Crippen molar-refractivity contribution >= 4 is 5.97 Å². The number of unbranched alkanes of at least 4 members (excludes halogenated alkanes) is 1. The number of hydrogen-bond acceptors (Lipinski definition) is 3. The fourth-order valence-electron chi connectivity index (χ4n) is 3.40. The van der Waals surface area contributed by atoms with Crippen LogP contribution in [0, 0.1) is 16.7 Å². The standard InChI is InChI=1S/C16H31NO2/c1-6-7-8-16(14(18)19-5)10-13(11-17-12-16)9-15(2,3)4/h13,17H,6-12H2,1-5H3/t13?,16-/m1/s1. The molecule has 1 fully saturated rings. The van der Waals surface area contributed by atoms with Gasteiger partial charge in [-0.1, -0.05) is 40.5 Å².